The first-order valence-corrected chi connectivity index (χ1v) is 5.15. The Morgan fingerprint density at radius 2 is 2.08 bits per heavy atom. The van der Waals surface area contributed by atoms with Crippen LogP contribution in [0.4, 0.5) is 5.69 Å². The van der Waals surface area contributed by atoms with Crippen molar-refractivity contribution in [1.29, 1.82) is 5.26 Å². The lowest BCUT2D eigenvalue weighted by Gasteiger charge is -2.01. The maximum Gasteiger partial charge on any atom is 0.234 e. The number of amides is 1. The lowest BCUT2D eigenvalue weighted by Crippen LogP contribution is -2.11. The van der Waals surface area contributed by atoms with E-state index in [1.165, 1.54) is 0 Å². The second kappa shape index (κ2) is 4.82. The number of nitriles is 1. The Labute approximate surface area is 89.9 Å². The molecule has 0 atom stereocenters. The number of carbonyl (C=O) groups is 1. The van der Waals surface area contributed by atoms with Gasteiger partial charge in [0.2, 0.25) is 5.91 Å². The molecular formula is C9H7IN2O. The average Bonchev–Trinajstić information content (AvgIpc) is 2.19. The summed E-state index contributed by atoms with van der Waals surface area (Å²) in [6.45, 7) is 0. The van der Waals surface area contributed by atoms with Crippen molar-refractivity contribution in [3.8, 4) is 6.07 Å². The molecule has 66 valence electrons. The molecule has 1 aromatic rings. The van der Waals surface area contributed by atoms with E-state index in [0.29, 0.717) is 9.99 Å². The highest BCUT2D eigenvalue weighted by atomic mass is 127. The van der Waals surface area contributed by atoms with Crippen LogP contribution in [0.2, 0.25) is 0 Å². The standard InChI is InChI=1S/C9H7IN2O/c10-5-9(13)12-8-3-1-7(6-11)2-4-8/h1-4H,5H2,(H,12,13). The predicted octanol–water partition coefficient (Wildman–Crippen LogP) is 1.93. The largest absolute Gasteiger partial charge is 0.325 e. The molecule has 0 radical (unpaired) electrons. The van der Waals surface area contributed by atoms with E-state index < -0.39 is 0 Å². The number of benzene rings is 1. The molecule has 0 saturated heterocycles. The minimum atomic E-state index is -0.0368. The molecule has 1 amide bonds. The first-order chi connectivity index (χ1) is 6.26. The summed E-state index contributed by atoms with van der Waals surface area (Å²) in [4.78, 5) is 11.0. The number of rotatable bonds is 2. The quantitative estimate of drug-likeness (QED) is 0.667. The molecule has 1 aromatic carbocycles. The van der Waals surface area contributed by atoms with Crippen molar-refractivity contribution in [3.05, 3.63) is 29.8 Å². The van der Waals surface area contributed by atoms with Crippen LogP contribution >= 0.6 is 22.6 Å². The summed E-state index contributed by atoms with van der Waals surface area (Å²) in [6, 6.07) is 8.77. The third-order valence-electron chi connectivity index (χ3n) is 1.42. The van der Waals surface area contributed by atoms with Gasteiger partial charge < -0.3 is 5.32 Å². The molecule has 4 heteroatoms. The lowest BCUT2D eigenvalue weighted by atomic mass is 10.2. The fourth-order valence-corrected chi connectivity index (χ4v) is 1.01. The van der Waals surface area contributed by atoms with Crippen LogP contribution in [0.15, 0.2) is 24.3 Å². The Balaban J connectivity index is 2.71. The number of nitrogens with zero attached hydrogens (tertiary/aromatic N) is 1. The summed E-state index contributed by atoms with van der Waals surface area (Å²) in [5.41, 5.74) is 1.31. The highest BCUT2D eigenvalue weighted by Crippen LogP contribution is 2.08. The van der Waals surface area contributed by atoms with Gasteiger partial charge >= 0.3 is 0 Å². The van der Waals surface area contributed by atoms with Crippen molar-refractivity contribution in [1.82, 2.24) is 0 Å². The van der Waals surface area contributed by atoms with Gasteiger partial charge in [-0.2, -0.15) is 5.26 Å². The van der Waals surface area contributed by atoms with Crippen LogP contribution < -0.4 is 5.32 Å². The van der Waals surface area contributed by atoms with Gasteiger partial charge in [0.05, 0.1) is 16.1 Å². The topological polar surface area (TPSA) is 52.9 Å². The van der Waals surface area contributed by atoms with E-state index in [0.717, 1.165) is 5.69 Å². The molecule has 0 aliphatic heterocycles. The van der Waals surface area contributed by atoms with Crippen LogP contribution in [0, 0.1) is 11.3 Å². The van der Waals surface area contributed by atoms with Crippen LogP contribution in [0.25, 0.3) is 0 Å². The van der Waals surface area contributed by atoms with Gasteiger partial charge in [-0.3, -0.25) is 4.79 Å². The SMILES string of the molecule is N#Cc1ccc(NC(=O)CI)cc1. The monoisotopic (exact) mass is 286 g/mol. The summed E-state index contributed by atoms with van der Waals surface area (Å²) in [6.07, 6.45) is 0. The second-order valence-electron chi connectivity index (χ2n) is 2.37. The number of carbonyl (C=O) groups excluding carboxylic acids is 1. The Hall–Kier alpha value is -1.09. The van der Waals surface area contributed by atoms with Gasteiger partial charge in [-0.1, -0.05) is 22.6 Å². The molecule has 0 aliphatic carbocycles. The van der Waals surface area contributed by atoms with Gasteiger partial charge in [0.25, 0.3) is 0 Å². The zero-order valence-electron chi connectivity index (χ0n) is 6.75. The normalized spacial score (nSPS) is 8.92. The van der Waals surface area contributed by atoms with Gasteiger partial charge in [0.15, 0.2) is 0 Å². The number of nitrogens with one attached hydrogen (secondary N) is 1. The Morgan fingerprint density at radius 3 is 2.54 bits per heavy atom. The van der Waals surface area contributed by atoms with Gasteiger partial charge in [0, 0.05) is 5.69 Å². The Morgan fingerprint density at radius 1 is 1.46 bits per heavy atom. The van der Waals surface area contributed by atoms with E-state index in [9.17, 15) is 4.79 Å². The van der Waals surface area contributed by atoms with Crippen molar-refractivity contribution in [2.75, 3.05) is 9.74 Å². The van der Waals surface area contributed by atoms with E-state index in [1.54, 1.807) is 24.3 Å². The molecule has 1 N–H and O–H groups in total. The fourth-order valence-electron chi connectivity index (χ4n) is 0.822. The number of halogens is 1. The molecule has 0 unspecified atom stereocenters. The van der Waals surface area contributed by atoms with Crippen LogP contribution in [0.5, 0.6) is 0 Å². The molecule has 3 nitrogen and oxygen atoms in total. The summed E-state index contributed by atoms with van der Waals surface area (Å²) in [5, 5.41) is 11.2. The van der Waals surface area contributed by atoms with E-state index in [-0.39, 0.29) is 5.91 Å². The molecule has 0 saturated carbocycles. The first-order valence-electron chi connectivity index (χ1n) is 3.62. The van der Waals surface area contributed by atoms with Gasteiger partial charge in [0.1, 0.15) is 0 Å². The van der Waals surface area contributed by atoms with E-state index in [2.05, 4.69) is 5.32 Å². The van der Waals surface area contributed by atoms with Gasteiger partial charge in [-0.05, 0) is 24.3 Å². The highest BCUT2D eigenvalue weighted by molar-refractivity contribution is 14.1. The van der Waals surface area contributed by atoms with Crippen molar-refractivity contribution < 1.29 is 4.79 Å². The molecule has 0 bridgehead atoms. The zero-order valence-corrected chi connectivity index (χ0v) is 8.91. The van der Waals surface area contributed by atoms with Crippen molar-refractivity contribution in [3.63, 3.8) is 0 Å². The van der Waals surface area contributed by atoms with Crippen LogP contribution in [0.3, 0.4) is 0 Å². The molecule has 0 fully saturated rings. The van der Waals surface area contributed by atoms with Crippen molar-refractivity contribution >= 4 is 34.2 Å². The summed E-state index contributed by atoms with van der Waals surface area (Å²) < 4.78 is 0.428. The lowest BCUT2D eigenvalue weighted by molar-refractivity contribution is -0.113. The van der Waals surface area contributed by atoms with Crippen LogP contribution in [-0.4, -0.2) is 10.3 Å². The average molecular weight is 286 g/mol. The molecule has 1 rings (SSSR count). The summed E-state index contributed by atoms with van der Waals surface area (Å²) in [5.74, 6) is -0.0368. The van der Waals surface area contributed by atoms with Crippen LogP contribution in [0.1, 0.15) is 5.56 Å². The minimum absolute atomic E-state index is 0.0368. The molecule has 13 heavy (non-hydrogen) atoms. The first kappa shape index (κ1) is 9.99. The Bertz CT molecular complexity index is 340. The van der Waals surface area contributed by atoms with Crippen molar-refractivity contribution in [2.45, 2.75) is 0 Å². The summed E-state index contributed by atoms with van der Waals surface area (Å²) >= 11 is 1.99. The van der Waals surface area contributed by atoms with Crippen molar-refractivity contribution in [2.24, 2.45) is 0 Å². The minimum Gasteiger partial charge on any atom is -0.325 e. The molecule has 0 aliphatic rings. The molecule has 0 heterocycles. The third-order valence-corrected chi connectivity index (χ3v) is 2.11. The predicted molar refractivity (Wildman–Crippen MR) is 58.7 cm³/mol. The van der Waals surface area contributed by atoms with Gasteiger partial charge in [-0.15, -0.1) is 0 Å². The molecule has 0 spiro atoms. The maximum absolute atomic E-state index is 11.0. The van der Waals surface area contributed by atoms with E-state index in [4.69, 9.17) is 5.26 Å². The smallest absolute Gasteiger partial charge is 0.234 e. The summed E-state index contributed by atoms with van der Waals surface area (Å²) in [7, 11) is 0. The zero-order chi connectivity index (χ0) is 9.68. The molecular weight excluding hydrogens is 279 g/mol. The third kappa shape index (κ3) is 3.03. The highest BCUT2D eigenvalue weighted by Gasteiger charge is 1.98. The Kier molecular flexibility index (Phi) is 3.71. The van der Waals surface area contributed by atoms with Gasteiger partial charge in [-0.25, -0.2) is 0 Å². The number of hydrogen-bond acceptors (Lipinski definition) is 2. The van der Waals surface area contributed by atoms with E-state index >= 15 is 0 Å². The second-order valence-corrected chi connectivity index (χ2v) is 3.13. The number of anilines is 1. The molecule has 0 aromatic heterocycles. The van der Waals surface area contributed by atoms with Crippen LogP contribution in [-0.2, 0) is 4.79 Å². The number of alkyl halides is 1. The maximum atomic E-state index is 11.0. The van der Waals surface area contributed by atoms with E-state index in [1.807, 2.05) is 28.7 Å². The fraction of sp³-hybridized carbons (Fsp3) is 0.111. The number of hydrogen-bond donors (Lipinski definition) is 1.